The highest BCUT2D eigenvalue weighted by molar-refractivity contribution is 9.10. The van der Waals surface area contributed by atoms with Gasteiger partial charge in [-0.15, -0.1) is 0 Å². The Hall–Kier alpha value is -0.540. The normalized spacial score (nSPS) is 16.9. The van der Waals surface area contributed by atoms with Crippen molar-refractivity contribution in [3.8, 4) is 5.75 Å². The van der Waals surface area contributed by atoms with E-state index < -0.39 is 0 Å². The molecule has 94 valence electrons. The standard InChI is InChI=1S/C14H20BrNO/c1-3-16-13(11-5-6-11)9-10-4-7-14(17-2)12(15)8-10/h4,7-8,11,13,16H,3,5-6,9H2,1-2H3. The molecule has 1 fully saturated rings. The molecule has 0 saturated heterocycles. The molecule has 1 aromatic carbocycles. The Kier molecular flexibility index (Phi) is 4.46. The number of benzene rings is 1. The fourth-order valence-electron chi connectivity index (χ4n) is 2.26. The molecule has 1 atom stereocenters. The minimum atomic E-state index is 0.639. The molecule has 0 spiro atoms. The zero-order chi connectivity index (χ0) is 12.3. The van der Waals surface area contributed by atoms with Crippen molar-refractivity contribution >= 4 is 15.9 Å². The predicted octanol–water partition coefficient (Wildman–Crippen LogP) is 3.39. The van der Waals surface area contributed by atoms with E-state index >= 15 is 0 Å². The minimum absolute atomic E-state index is 0.639. The summed E-state index contributed by atoms with van der Waals surface area (Å²) in [6, 6.07) is 7.01. The van der Waals surface area contributed by atoms with Crippen LogP contribution in [-0.2, 0) is 6.42 Å². The van der Waals surface area contributed by atoms with Crippen molar-refractivity contribution in [1.29, 1.82) is 0 Å². The Bertz CT molecular complexity index is 376. The maximum Gasteiger partial charge on any atom is 0.133 e. The fraction of sp³-hybridized carbons (Fsp3) is 0.571. The second kappa shape index (κ2) is 5.87. The first-order valence-corrected chi connectivity index (χ1v) is 7.09. The summed E-state index contributed by atoms with van der Waals surface area (Å²) in [5.74, 6) is 1.79. The lowest BCUT2D eigenvalue weighted by atomic mass is 10.0. The fourth-order valence-corrected chi connectivity index (χ4v) is 2.85. The van der Waals surface area contributed by atoms with Crippen molar-refractivity contribution in [2.45, 2.75) is 32.2 Å². The molecule has 1 aliphatic carbocycles. The quantitative estimate of drug-likeness (QED) is 0.869. The summed E-state index contributed by atoms with van der Waals surface area (Å²) >= 11 is 3.54. The van der Waals surface area contributed by atoms with Crippen molar-refractivity contribution in [2.75, 3.05) is 13.7 Å². The summed E-state index contributed by atoms with van der Waals surface area (Å²) < 4.78 is 6.29. The highest BCUT2D eigenvalue weighted by Gasteiger charge is 2.30. The molecular formula is C14H20BrNO. The van der Waals surface area contributed by atoms with Crippen LogP contribution in [0.5, 0.6) is 5.75 Å². The summed E-state index contributed by atoms with van der Waals surface area (Å²) in [6.45, 7) is 3.23. The highest BCUT2D eigenvalue weighted by Crippen LogP contribution is 2.35. The number of likely N-dealkylation sites (N-methyl/N-ethyl adjacent to an activating group) is 1. The van der Waals surface area contributed by atoms with Gasteiger partial charge in [0.25, 0.3) is 0 Å². The lowest BCUT2D eigenvalue weighted by molar-refractivity contribution is 0.411. The molecule has 1 aromatic rings. The Morgan fingerprint density at radius 3 is 2.76 bits per heavy atom. The largest absolute Gasteiger partial charge is 0.496 e. The first-order chi connectivity index (χ1) is 8.24. The van der Waals surface area contributed by atoms with E-state index in [0.717, 1.165) is 29.1 Å². The smallest absolute Gasteiger partial charge is 0.133 e. The van der Waals surface area contributed by atoms with E-state index in [9.17, 15) is 0 Å². The Morgan fingerprint density at radius 2 is 2.24 bits per heavy atom. The first kappa shape index (κ1) is 12.9. The van der Waals surface area contributed by atoms with Crippen molar-refractivity contribution in [3.05, 3.63) is 28.2 Å². The molecule has 2 nitrogen and oxygen atoms in total. The Morgan fingerprint density at radius 1 is 1.47 bits per heavy atom. The number of ether oxygens (including phenoxy) is 1. The van der Waals surface area contributed by atoms with Crippen LogP contribution in [0.25, 0.3) is 0 Å². The molecule has 1 aliphatic rings. The summed E-state index contributed by atoms with van der Waals surface area (Å²) in [7, 11) is 1.70. The summed E-state index contributed by atoms with van der Waals surface area (Å²) in [5.41, 5.74) is 1.37. The van der Waals surface area contributed by atoms with Crippen LogP contribution in [0.15, 0.2) is 22.7 Å². The number of nitrogens with one attached hydrogen (secondary N) is 1. The number of rotatable bonds is 6. The van der Waals surface area contributed by atoms with Crippen molar-refractivity contribution in [1.82, 2.24) is 5.32 Å². The molecule has 1 N–H and O–H groups in total. The van der Waals surface area contributed by atoms with Crippen LogP contribution in [0, 0.1) is 5.92 Å². The number of methoxy groups -OCH3 is 1. The third-order valence-electron chi connectivity index (χ3n) is 3.33. The van der Waals surface area contributed by atoms with E-state index in [-0.39, 0.29) is 0 Å². The van der Waals surface area contributed by atoms with Gasteiger partial charge < -0.3 is 10.1 Å². The van der Waals surface area contributed by atoms with Gasteiger partial charge in [-0.3, -0.25) is 0 Å². The van der Waals surface area contributed by atoms with Gasteiger partial charge in [0, 0.05) is 6.04 Å². The van der Waals surface area contributed by atoms with E-state index in [0.29, 0.717) is 6.04 Å². The molecule has 0 radical (unpaired) electrons. The molecular weight excluding hydrogens is 278 g/mol. The zero-order valence-corrected chi connectivity index (χ0v) is 12.1. The van der Waals surface area contributed by atoms with Crippen LogP contribution in [0.2, 0.25) is 0 Å². The highest BCUT2D eigenvalue weighted by atomic mass is 79.9. The Labute approximate surface area is 112 Å². The van der Waals surface area contributed by atoms with E-state index in [2.05, 4.69) is 40.3 Å². The van der Waals surface area contributed by atoms with Gasteiger partial charge in [-0.05, 0) is 65.4 Å². The molecule has 0 bridgehead atoms. The molecule has 0 aromatic heterocycles. The molecule has 1 unspecified atom stereocenters. The third-order valence-corrected chi connectivity index (χ3v) is 3.95. The van der Waals surface area contributed by atoms with Crippen molar-refractivity contribution in [3.63, 3.8) is 0 Å². The summed E-state index contributed by atoms with van der Waals surface area (Å²) in [6.07, 6.45) is 3.88. The molecule has 0 aliphatic heterocycles. The first-order valence-electron chi connectivity index (χ1n) is 6.30. The van der Waals surface area contributed by atoms with Gasteiger partial charge in [0.2, 0.25) is 0 Å². The summed E-state index contributed by atoms with van der Waals surface area (Å²) in [4.78, 5) is 0. The number of halogens is 1. The molecule has 17 heavy (non-hydrogen) atoms. The van der Waals surface area contributed by atoms with E-state index in [4.69, 9.17) is 4.74 Å². The van der Waals surface area contributed by atoms with Crippen LogP contribution in [0.4, 0.5) is 0 Å². The SMILES string of the molecule is CCNC(Cc1ccc(OC)c(Br)c1)C1CC1. The van der Waals surface area contributed by atoms with Crippen LogP contribution >= 0.6 is 15.9 Å². The van der Waals surface area contributed by atoms with Gasteiger partial charge >= 0.3 is 0 Å². The average Bonchev–Trinajstić information content (AvgIpc) is 3.12. The van der Waals surface area contributed by atoms with Crippen molar-refractivity contribution < 1.29 is 4.74 Å². The lowest BCUT2D eigenvalue weighted by Gasteiger charge is -2.17. The molecule has 1 saturated carbocycles. The van der Waals surface area contributed by atoms with Crippen molar-refractivity contribution in [2.24, 2.45) is 5.92 Å². The molecule has 0 heterocycles. The van der Waals surface area contributed by atoms with Gasteiger partial charge in [-0.2, -0.15) is 0 Å². The topological polar surface area (TPSA) is 21.3 Å². The molecule has 0 amide bonds. The van der Waals surface area contributed by atoms with Gasteiger partial charge in [0.05, 0.1) is 11.6 Å². The second-order valence-electron chi connectivity index (χ2n) is 4.67. The zero-order valence-electron chi connectivity index (χ0n) is 10.5. The average molecular weight is 298 g/mol. The van der Waals surface area contributed by atoms with Crippen LogP contribution < -0.4 is 10.1 Å². The van der Waals surface area contributed by atoms with Gasteiger partial charge in [-0.1, -0.05) is 13.0 Å². The number of hydrogen-bond donors (Lipinski definition) is 1. The van der Waals surface area contributed by atoms with Gasteiger partial charge in [0.1, 0.15) is 5.75 Å². The minimum Gasteiger partial charge on any atom is -0.496 e. The summed E-state index contributed by atoms with van der Waals surface area (Å²) in [5, 5.41) is 3.59. The van der Waals surface area contributed by atoms with Gasteiger partial charge in [-0.25, -0.2) is 0 Å². The Balaban J connectivity index is 2.03. The van der Waals surface area contributed by atoms with Crippen LogP contribution in [-0.4, -0.2) is 19.7 Å². The van der Waals surface area contributed by atoms with Gasteiger partial charge in [0.15, 0.2) is 0 Å². The lowest BCUT2D eigenvalue weighted by Crippen LogP contribution is -2.32. The molecule has 3 heteroatoms. The van der Waals surface area contributed by atoms with Crippen LogP contribution in [0.1, 0.15) is 25.3 Å². The van der Waals surface area contributed by atoms with E-state index in [1.54, 1.807) is 7.11 Å². The maximum atomic E-state index is 5.25. The van der Waals surface area contributed by atoms with E-state index in [1.165, 1.54) is 18.4 Å². The second-order valence-corrected chi connectivity index (χ2v) is 5.53. The molecule has 2 rings (SSSR count). The monoisotopic (exact) mass is 297 g/mol. The van der Waals surface area contributed by atoms with E-state index in [1.807, 2.05) is 6.07 Å². The van der Waals surface area contributed by atoms with Crippen LogP contribution in [0.3, 0.4) is 0 Å². The number of hydrogen-bond acceptors (Lipinski definition) is 2. The maximum absolute atomic E-state index is 5.25. The predicted molar refractivity (Wildman–Crippen MR) is 74.6 cm³/mol. The third kappa shape index (κ3) is 3.46.